The number of benzene rings is 2. The van der Waals surface area contributed by atoms with Gasteiger partial charge in [0.15, 0.2) is 0 Å². The molecule has 0 saturated carbocycles. The van der Waals surface area contributed by atoms with Crippen LogP contribution in [0.5, 0.6) is 0 Å². The second kappa shape index (κ2) is 6.08. The van der Waals surface area contributed by atoms with Crippen molar-refractivity contribution in [3.05, 3.63) is 71.4 Å². The summed E-state index contributed by atoms with van der Waals surface area (Å²) in [5.74, 6) is -0.473. The first-order valence-electron chi connectivity index (χ1n) is 7.65. The molecule has 23 heavy (non-hydrogen) atoms. The summed E-state index contributed by atoms with van der Waals surface area (Å²) in [6, 6.07) is 16.0. The summed E-state index contributed by atoms with van der Waals surface area (Å²) in [7, 11) is 0. The molecule has 4 nitrogen and oxygen atoms in total. The quantitative estimate of drug-likeness (QED) is 0.802. The molecule has 0 unspecified atom stereocenters. The van der Waals surface area contributed by atoms with Crippen LogP contribution in [-0.4, -0.2) is 15.7 Å². The molecular formula is C19H19N3O. The van der Waals surface area contributed by atoms with Crippen molar-refractivity contribution in [3.8, 4) is 16.9 Å². The second-order valence-corrected chi connectivity index (χ2v) is 5.54. The van der Waals surface area contributed by atoms with E-state index in [0.29, 0.717) is 11.3 Å². The van der Waals surface area contributed by atoms with E-state index in [1.165, 1.54) is 5.56 Å². The molecule has 2 N–H and O–H groups in total. The molecule has 0 radical (unpaired) electrons. The number of hydrogen-bond acceptors (Lipinski definition) is 2. The van der Waals surface area contributed by atoms with E-state index in [0.717, 1.165) is 23.2 Å². The van der Waals surface area contributed by atoms with E-state index in [9.17, 15) is 4.79 Å². The highest BCUT2D eigenvalue weighted by Crippen LogP contribution is 2.25. The Balaban J connectivity index is 2.13. The third-order valence-electron chi connectivity index (χ3n) is 3.98. The number of amides is 1. The fourth-order valence-corrected chi connectivity index (χ4v) is 2.61. The average molecular weight is 305 g/mol. The van der Waals surface area contributed by atoms with Crippen LogP contribution in [0.1, 0.15) is 28.4 Å². The summed E-state index contributed by atoms with van der Waals surface area (Å²) in [6.07, 6.45) is 2.67. The first kappa shape index (κ1) is 15.0. The predicted molar refractivity (Wildman–Crippen MR) is 91.6 cm³/mol. The van der Waals surface area contributed by atoms with Gasteiger partial charge in [-0.25, -0.2) is 4.68 Å². The molecule has 0 aliphatic rings. The lowest BCUT2D eigenvalue weighted by molar-refractivity contribution is 0.100. The minimum atomic E-state index is -0.473. The highest BCUT2D eigenvalue weighted by molar-refractivity contribution is 5.98. The van der Waals surface area contributed by atoms with Crippen LogP contribution in [0.25, 0.3) is 16.9 Å². The number of carbonyl (C=O) groups excluding carboxylic acids is 1. The van der Waals surface area contributed by atoms with E-state index < -0.39 is 5.91 Å². The van der Waals surface area contributed by atoms with E-state index in [4.69, 9.17) is 5.73 Å². The van der Waals surface area contributed by atoms with E-state index in [-0.39, 0.29) is 0 Å². The van der Waals surface area contributed by atoms with Gasteiger partial charge in [-0.3, -0.25) is 4.79 Å². The van der Waals surface area contributed by atoms with Crippen molar-refractivity contribution in [3.63, 3.8) is 0 Å². The molecule has 0 aliphatic carbocycles. The van der Waals surface area contributed by atoms with Gasteiger partial charge in [0, 0.05) is 11.8 Å². The van der Waals surface area contributed by atoms with Gasteiger partial charge in [-0.1, -0.05) is 49.4 Å². The Kier molecular flexibility index (Phi) is 3.98. The van der Waals surface area contributed by atoms with E-state index in [1.54, 1.807) is 10.9 Å². The number of para-hydroxylation sites is 1. The normalized spacial score (nSPS) is 10.7. The number of hydrogen-bond donors (Lipinski definition) is 1. The van der Waals surface area contributed by atoms with Gasteiger partial charge in [0.2, 0.25) is 0 Å². The number of aromatic nitrogens is 2. The fourth-order valence-electron chi connectivity index (χ4n) is 2.61. The van der Waals surface area contributed by atoms with Crippen molar-refractivity contribution in [1.29, 1.82) is 0 Å². The lowest BCUT2D eigenvalue weighted by atomic mass is 10.0. The molecule has 116 valence electrons. The van der Waals surface area contributed by atoms with Crippen LogP contribution in [0, 0.1) is 6.92 Å². The topological polar surface area (TPSA) is 60.9 Å². The largest absolute Gasteiger partial charge is 0.365 e. The van der Waals surface area contributed by atoms with Crippen LogP contribution < -0.4 is 5.73 Å². The standard InChI is InChI=1S/C19H19N3O/c1-3-14-8-10-15(11-9-14)18-16(19(20)23)12-22(21-18)17-7-5-4-6-13(17)2/h4-12H,3H2,1-2H3,(H2,20,23). The molecule has 0 bridgehead atoms. The molecule has 0 fully saturated rings. The molecule has 0 spiro atoms. The maximum absolute atomic E-state index is 11.8. The van der Waals surface area contributed by atoms with Crippen LogP contribution in [0.2, 0.25) is 0 Å². The number of nitrogens with two attached hydrogens (primary N) is 1. The zero-order chi connectivity index (χ0) is 16.4. The first-order chi connectivity index (χ1) is 11.1. The Morgan fingerprint density at radius 3 is 2.43 bits per heavy atom. The Morgan fingerprint density at radius 1 is 1.13 bits per heavy atom. The van der Waals surface area contributed by atoms with Gasteiger partial charge in [-0.2, -0.15) is 5.10 Å². The van der Waals surface area contributed by atoms with Crippen molar-refractivity contribution in [2.45, 2.75) is 20.3 Å². The highest BCUT2D eigenvalue weighted by Gasteiger charge is 2.17. The molecule has 0 saturated heterocycles. The number of rotatable bonds is 4. The smallest absolute Gasteiger partial charge is 0.252 e. The molecular weight excluding hydrogens is 286 g/mol. The van der Waals surface area contributed by atoms with E-state index in [2.05, 4.69) is 12.0 Å². The summed E-state index contributed by atoms with van der Waals surface area (Å²) < 4.78 is 1.72. The Bertz CT molecular complexity index is 847. The van der Waals surface area contributed by atoms with Gasteiger partial charge in [-0.05, 0) is 30.5 Å². The second-order valence-electron chi connectivity index (χ2n) is 5.54. The lowest BCUT2D eigenvalue weighted by Gasteiger charge is -2.05. The van der Waals surface area contributed by atoms with Crippen LogP contribution in [0.4, 0.5) is 0 Å². The van der Waals surface area contributed by atoms with Crippen molar-refractivity contribution in [1.82, 2.24) is 9.78 Å². The third-order valence-corrected chi connectivity index (χ3v) is 3.98. The molecule has 0 aliphatic heterocycles. The zero-order valence-electron chi connectivity index (χ0n) is 13.3. The summed E-state index contributed by atoms with van der Waals surface area (Å²) in [6.45, 7) is 4.12. The lowest BCUT2D eigenvalue weighted by Crippen LogP contribution is -2.11. The van der Waals surface area contributed by atoms with Gasteiger partial charge in [0.25, 0.3) is 5.91 Å². The Morgan fingerprint density at radius 2 is 1.83 bits per heavy atom. The fraction of sp³-hybridized carbons (Fsp3) is 0.158. The van der Waals surface area contributed by atoms with Gasteiger partial charge < -0.3 is 5.73 Å². The number of aryl methyl sites for hydroxylation is 2. The Labute approximate surface area is 135 Å². The minimum Gasteiger partial charge on any atom is -0.365 e. The highest BCUT2D eigenvalue weighted by atomic mass is 16.1. The maximum Gasteiger partial charge on any atom is 0.252 e. The monoisotopic (exact) mass is 305 g/mol. The molecule has 0 atom stereocenters. The molecule has 3 rings (SSSR count). The van der Waals surface area contributed by atoms with Gasteiger partial charge in [0.05, 0.1) is 11.3 Å². The van der Waals surface area contributed by atoms with Gasteiger partial charge >= 0.3 is 0 Å². The first-order valence-corrected chi connectivity index (χ1v) is 7.65. The number of carbonyl (C=O) groups is 1. The summed E-state index contributed by atoms with van der Waals surface area (Å²) in [5.41, 5.74) is 10.7. The van der Waals surface area contributed by atoms with Gasteiger partial charge in [0.1, 0.15) is 5.69 Å². The van der Waals surface area contributed by atoms with Crippen molar-refractivity contribution >= 4 is 5.91 Å². The van der Waals surface area contributed by atoms with Crippen molar-refractivity contribution in [2.75, 3.05) is 0 Å². The number of nitrogens with zero attached hydrogens (tertiary/aromatic N) is 2. The zero-order valence-corrected chi connectivity index (χ0v) is 13.3. The van der Waals surface area contributed by atoms with Crippen LogP contribution in [0.15, 0.2) is 54.7 Å². The summed E-state index contributed by atoms with van der Waals surface area (Å²) in [5, 5.41) is 4.60. The molecule has 1 heterocycles. The molecule has 3 aromatic rings. The van der Waals surface area contributed by atoms with E-state index >= 15 is 0 Å². The maximum atomic E-state index is 11.8. The van der Waals surface area contributed by atoms with Crippen molar-refractivity contribution in [2.24, 2.45) is 5.73 Å². The van der Waals surface area contributed by atoms with Crippen molar-refractivity contribution < 1.29 is 4.79 Å². The average Bonchev–Trinajstić information content (AvgIpc) is 3.01. The van der Waals surface area contributed by atoms with Crippen LogP contribution in [-0.2, 0) is 6.42 Å². The summed E-state index contributed by atoms with van der Waals surface area (Å²) >= 11 is 0. The number of primary amides is 1. The Hall–Kier alpha value is -2.88. The molecule has 1 amide bonds. The van der Waals surface area contributed by atoms with Crippen LogP contribution >= 0.6 is 0 Å². The van der Waals surface area contributed by atoms with E-state index in [1.807, 2.05) is 55.5 Å². The van der Waals surface area contributed by atoms with Gasteiger partial charge in [-0.15, -0.1) is 0 Å². The summed E-state index contributed by atoms with van der Waals surface area (Å²) in [4.78, 5) is 11.8. The molecule has 4 heteroatoms. The third kappa shape index (κ3) is 2.88. The minimum absolute atomic E-state index is 0.428. The van der Waals surface area contributed by atoms with Crippen LogP contribution in [0.3, 0.4) is 0 Å². The SMILES string of the molecule is CCc1ccc(-c2nn(-c3ccccc3C)cc2C(N)=O)cc1. The predicted octanol–water partition coefficient (Wildman–Crippen LogP) is 3.51. The molecule has 1 aromatic heterocycles. The molecule has 2 aromatic carbocycles.